The molecular weight excluding hydrogens is 270 g/mol. The van der Waals surface area contributed by atoms with E-state index in [0.29, 0.717) is 5.69 Å². The van der Waals surface area contributed by atoms with E-state index >= 15 is 0 Å². The molecule has 0 aromatic heterocycles. The van der Waals surface area contributed by atoms with Gasteiger partial charge in [0.1, 0.15) is 5.02 Å². The Morgan fingerprint density at radius 3 is 2.74 bits per heavy atom. The Morgan fingerprint density at radius 1 is 1.53 bits per heavy atom. The van der Waals surface area contributed by atoms with E-state index in [2.05, 4.69) is 10.6 Å². The standard InChI is InChI=1S/C12H16ClN3O3/c1-3-8(2)14-7-12(17)15-9-4-5-11(16(18)19)10(13)6-9/h4-6,8,14H,3,7H2,1-2H3,(H,15,17). The van der Waals surface area contributed by atoms with Crippen LogP contribution in [0.25, 0.3) is 0 Å². The lowest BCUT2D eigenvalue weighted by Gasteiger charge is -2.11. The molecule has 2 N–H and O–H groups in total. The Morgan fingerprint density at radius 2 is 2.21 bits per heavy atom. The molecule has 0 saturated carbocycles. The number of hydrogen-bond donors (Lipinski definition) is 2. The molecule has 0 fully saturated rings. The van der Waals surface area contributed by atoms with Gasteiger partial charge in [0.25, 0.3) is 5.69 Å². The number of nitro groups is 1. The van der Waals surface area contributed by atoms with Crippen molar-refractivity contribution in [3.8, 4) is 0 Å². The maximum atomic E-state index is 11.6. The molecule has 0 aliphatic heterocycles. The highest BCUT2D eigenvalue weighted by Gasteiger charge is 2.13. The molecule has 19 heavy (non-hydrogen) atoms. The summed E-state index contributed by atoms with van der Waals surface area (Å²) in [4.78, 5) is 21.6. The van der Waals surface area contributed by atoms with E-state index < -0.39 is 4.92 Å². The lowest BCUT2D eigenvalue weighted by Crippen LogP contribution is -2.33. The molecule has 1 aromatic carbocycles. The fraction of sp³-hybridized carbons (Fsp3) is 0.417. The van der Waals surface area contributed by atoms with Gasteiger partial charge >= 0.3 is 0 Å². The van der Waals surface area contributed by atoms with Crippen LogP contribution in [0.3, 0.4) is 0 Å². The van der Waals surface area contributed by atoms with E-state index in [1.165, 1.54) is 18.2 Å². The molecular formula is C12H16ClN3O3. The number of benzene rings is 1. The summed E-state index contributed by atoms with van der Waals surface area (Å²) in [5, 5.41) is 16.3. The van der Waals surface area contributed by atoms with Gasteiger partial charge in [0.2, 0.25) is 5.91 Å². The third kappa shape index (κ3) is 4.84. The van der Waals surface area contributed by atoms with Crippen LogP contribution in [0.4, 0.5) is 11.4 Å². The van der Waals surface area contributed by atoms with Crippen LogP contribution in [0.1, 0.15) is 20.3 Å². The second-order valence-electron chi connectivity index (χ2n) is 4.16. The number of nitrogens with one attached hydrogen (secondary N) is 2. The number of nitro benzene ring substituents is 1. The normalized spacial score (nSPS) is 11.9. The van der Waals surface area contributed by atoms with E-state index in [1.54, 1.807) is 0 Å². The Kier molecular flexibility index (Phi) is 5.72. The Labute approximate surface area is 116 Å². The lowest BCUT2D eigenvalue weighted by molar-refractivity contribution is -0.384. The van der Waals surface area contributed by atoms with Crippen LogP contribution < -0.4 is 10.6 Å². The van der Waals surface area contributed by atoms with Gasteiger partial charge in [0, 0.05) is 17.8 Å². The van der Waals surface area contributed by atoms with Crippen molar-refractivity contribution in [3.63, 3.8) is 0 Å². The fourth-order valence-corrected chi connectivity index (χ4v) is 1.60. The molecule has 1 amide bonds. The monoisotopic (exact) mass is 285 g/mol. The topological polar surface area (TPSA) is 84.3 Å². The molecule has 0 aliphatic rings. The van der Waals surface area contributed by atoms with Gasteiger partial charge in [-0.05, 0) is 25.5 Å². The van der Waals surface area contributed by atoms with Crippen molar-refractivity contribution in [2.24, 2.45) is 0 Å². The third-order valence-corrected chi connectivity index (χ3v) is 2.95. The lowest BCUT2D eigenvalue weighted by atomic mass is 10.2. The molecule has 0 aliphatic carbocycles. The smallest absolute Gasteiger partial charge is 0.288 e. The van der Waals surface area contributed by atoms with Crippen LogP contribution >= 0.6 is 11.6 Å². The number of anilines is 1. The van der Waals surface area contributed by atoms with Gasteiger partial charge in [0.15, 0.2) is 0 Å². The van der Waals surface area contributed by atoms with Gasteiger partial charge in [-0.15, -0.1) is 0 Å². The van der Waals surface area contributed by atoms with Crippen molar-refractivity contribution in [1.82, 2.24) is 5.32 Å². The largest absolute Gasteiger partial charge is 0.325 e. The zero-order valence-electron chi connectivity index (χ0n) is 10.8. The highest BCUT2D eigenvalue weighted by Crippen LogP contribution is 2.27. The summed E-state index contributed by atoms with van der Waals surface area (Å²) in [5.74, 6) is -0.217. The van der Waals surface area contributed by atoms with Gasteiger partial charge in [-0.1, -0.05) is 18.5 Å². The average Bonchev–Trinajstić information content (AvgIpc) is 2.35. The minimum atomic E-state index is -0.571. The van der Waals surface area contributed by atoms with Crippen LogP contribution in [0.2, 0.25) is 5.02 Å². The number of hydrogen-bond acceptors (Lipinski definition) is 4. The first kappa shape index (κ1) is 15.4. The van der Waals surface area contributed by atoms with Crippen LogP contribution in [0, 0.1) is 10.1 Å². The molecule has 0 heterocycles. The first-order chi connectivity index (χ1) is 8.93. The van der Waals surface area contributed by atoms with Crippen molar-refractivity contribution in [2.45, 2.75) is 26.3 Å². The van der Waals surface area contributed by atoms with Gasteiger partial charge in [-0.3, -0.25) is 14.9 Å². The highest BCUT2D eigenvalue weighted by atomic mass is 35.5. The van der Waals surface area contributed by atoms with E-state index in [0.717, 1.165) is 6.42 Å². The summed E-state index contributed by atoms with van der Waals surface area (Å²) in [7, 11) is 0. The van der Waals surface area contributed by atoms with Crippen molar-refractivity contribution >= 4 is 28.9 Å². The summed E-state index contributed by atoms with van der Waals surface area (Å²) in [6.45, 7) is 4.19. The molecule has 0 spiro atoms. The van der Waals surface area contributed by atoms with Gasteiger partial charge in [-0.2, -0.15) is 0 Å². The molecule has 0 saturated heterocycles. The van der Waals surface area contributed by atoms with Crippen LogP contribution in [0.15, 0.2) is 18.2 Å². The Bertz CT molecular complexity index is 479. The number of halogens is 1. The second-order valence-corrected chi connectivity index (χ2v) is 4.57. The second kappa shape index (κ2) is 7.06. The van der Waals surface area contributed by atoms with E-state index in [1.807, 2.05) is 13.8 Å². The number of carbonyl (C=O) groups is 1. The van der Waals surface area contributed by atoms with E-state index in [4.69, 9.17) is 11.6 Å². The summed E-state index contributed by atoms with van der Waals surface area (Å²) < 4.78 is 0. The first-order valence-electron chi connectivity index (χ1n) is 5.91. The first-order valence-corrected chi connectivity index (χ1v) is 6.29. The molecule has 1 aromatic rings. The summed E-state index contributed by atoms with van der Waals surface area (Å²) >= 11 is 5.75. The molecule has 0 radical (unpaired) electrons. The van der Waals surface area contributed by atoms with Crippen LogP contribution in [-0.4, -0.2) is 23.4 Å². The maximum Gasteiger partial charge on any atom is 0.288 e. The predicted octanol–water partition coefficient (Wildman–Crippen LogP) is 2.57. The predicted molar refractivity (Wildman–Crippen MR) is 74.5 cm³/mol. The zero-order valence-corrected chi connectivity index (χ0v) is 11.5. The van der Waals surface area contributed by atoms with Gasteiger partial charge < -0.3 is 10.6 Å². The average molecular weight is 286 g/mol. The van der Waals surface area contributed by atoms with Gasteiger partial charge in [0.05, 0.1) is 11.5 Å². The Balaban J connectivity index is 2.60. The molecule has 1 unspecified atom stereocenters. The molecule has 7 heteroatoms. The molecule has 104 valence electrons. The Hall–Kier alpha value is -1.66. The SMILES string of the molecule is CCC(C)NCC(=O)Nc1ccc([N+](=O)[O-])c(Cl)c1. The summed E-state index contributed by atoms with van der Waals surface area (Å²) in [6.07, 6.45) is 0.927. The van der Waals surface area contributed by atoms with Crippen molar-refractivity contribution in [2.75, 3.05) is 11.9 Å². The van der Waals surface area contributed by atoms with E-state index in [9.17, 15) is 14.9 Å². The summed E-state index contributed by atoms with van der Waals surface area (Å²) in [5.41, 5.74) is 0.254. The number of carbonyl (C=O) groups excluding carboxylic acids is 1. The minimum absolute atomic E-state index is 0.00214. The van der Waals surface area contributed by atoms with Crippen molar-refractivity contribution < 1.29 is 9.72 Å². The zero-order chi connectivity index (χ0) is 14.4. The van der Waals surface area contributed by atoms with Crippen LogP contribution in [0.5, 0.6) is 0 Å². The van der Waals surface area contributed by atoms with Crippen molar-refractivity contribution in [3.05, 3.63) is 33.3 Å². The van der Waals surface area contributed by atoms with Crippen molar-refractivity contribution in [1.29, 1.82) is 0 Å². The maximum absolute atomic E-state index is 11.6. The van der Waals surface area contributed by atoms with E-state index in [-0.39, 0.29) is 29.2 Å². The molecule has 6 nitrogen and oxygen atoms in total. The van der Waals surface area contributed by atoms with Gasteiger partial charge in [-0.25, -0.2) is 0 Å². The minimum Gasteiger partial charge on any atom is -0.325 e. The summed E-state index contributed by atoms with van der Waals surface area (Å²) in [6, 6.07) is 4.33. The molecule has 1 rings (SSSR count). The number of amides is 1. The highest BCUT2D eigenvalue weighted by molar-refractivity contribution is 6.33. The molecule has 0 bridgehead atoms. The number of rotatable bonds is 6. The number of nitrogens with zero attached hydrogens (tertiary/aromatic N) is 1. The molecule has 1 atom stereocenters. The third-order valence-electron chi connectivity index (χ3n) is 2.65. The fourth-order valence-electron chi connectivity index (χ4n) is 1.35. The quantitative estimate of drug-likeness (QED) is 0.621. The van der Waals surface area contributed by atoms with Crippen LogP contribution in [-0.2, 0) is 4.79 Å².